The van der Waals surface area contributed by atoms with Crippen molar-refractivity contribution >= 4 is 23.7 Å². The number of amides is 3. The average Bonchev–Trinajstić information content (AvgIpc) is 2.79. The molecule has 2 rings (SSSR count). The van der Waals surface area contributed by atoms with Crippen LogP contribution in [0.25, 0.3) is 0 Å². The van der Waals surface area contributed by atoms with E-state index in [2.05, 4.69) is 16.0 Å². The maximum atomic E-state index is 12.8. The highest BCUT2D eigenvalue weighted by atomic mass is 35.5. The van der Waals surface area contributed by atoms with Crippen molar-refractivity contribution in [3.05, 3.63) is 34.9 Å². The molecule has 1 aliphatic heterocycles. The number of hydrogen-bond acceptors (Lipinski definition) is 5. The molecule has 1 fully saturated rings. The first-order chi connectivity index (χ1) is 15.9. The maximum Gasteiger partial charge on any atom is 0.404 e. The zero-order chi connectivity index (χ0) is 24.1. The van der Waals surface area contributed by atoms with E-state index in [-0.39, 0.29) is 31.3 Å². The number of rotatable bonds is 13. The van der Waals surface area contributed by atoms with E-state index in [1.165, 1.54) is 0 Å². The third kappa shape index (κ3) is 10.6. The number of hydrogen-bond donors (Lipinski definition) is 4. The van der Waals surface area contributed by atoms with Crippen molar-refractivity contribution in [2.24, 2.45) is 5.92 Å². The van der Waals surface area contributed by atoms with Gasteiger partial charge in [0, 0.05) is 51.0 Å². The number of benzene rings is 1. The molecule has 1 saturated heterocycles. The second-order valence-electron chi connectivity index (χ2n) is 8.35. The van der Waals surface area contributed by atoms with E-state index < -0.39 is 6.09 Å². The summed E-state index contributed by atoms with van der Waals surface area (Å²) in [4.78, 5) is 25.2. The summed E-state index contributed by atoms with van der Waals surface area (Å²) >= 11 is 6.14. The standard InChI is InChI=1S/C23H37ClN4O5/c1-25-16-20(14-17-7-11-32-12-8-17)27-22(29)28(2)10-6-21(33-13-9-26-23(30)31)18-4-3-5-19(24)15-18/h3-5,15,17,20-21,25-26H,6-14,16H2,1-2H3,(H,27,29)(H,30,31). The van der Waals surface area contributed by atoms with Gasteiger partial charge in [-0.3, -0.25) is 0 Å². The van der Waals surface area contributed by atoms with Gasteiger partial charge in [-0.05, 0) is 56.3 Å². The van der Waals surface area contributed by atoms with Gasteiger partial charge in [-0.2, -0.15) is 0 Å². The Morgan fingerprint density at radius 2 is 2.09 bits per heavy atom. The minimum Gasteiger partial charge on any atom is -0.465 e. The van der Waals surface area contributed by atoms with Crippen LogP contribution in [0.2, 0.25) is 5.02 Å². The lowest BCUT2D eigenvalue weighted by Gasteiger charge is -2.29. The number of carbonyl (C=O) groups excluding carboxylic acids is 1. The number of nitrogens with one attached hydrogen (secondary N) is 3. The van der Waals surface area contributed by atoms with Crippen molar-refractivity contribution in [2.75, 3.05) is 53.6 Å². The summed E-state index contributed by atoms with van der Waals surface area (Å²) in [5.74, 6) is 0.558. The predicted octanol–water partition coefficient (Wildman–Crippen LogP) is 3.10. The summed E-state index contributed by atoms with van der Waals surface area (Å²) in [6, 6.07) is 7.30. The lowest BCUT2D eigenvalue weighted by molar-refractivity contribution is 0.0441. The largest absolute Gasteiger partial charge is 0.465 e. The molecule has 4 N–H and O–H groups in total. The first-order valence-corrected chi connectivity index (χ1v) is 11.8. The normalized spacial score (nSPS) is 16.1. The molecule has 2 unspecified atom stereocenters. The highest BCUT2D eigenvalue weighted by molar-refractivity contribution is 6.30. The summed E-state index contributed by atoms with van der Waals surface area (Å²) in [5.41, 5.74) is 0.888. The molecule has 2 atom stereocenters. The van der Waals surface area contributed by atoms with Crippen LogP contribution in [0.5, 0.6) is 0 Å². The first-order valence-electron chi connectivity index (χ1n) is 11.5. The Bertz CT molecular complexity index is 733. The Balaban J connectivity index is 1.89. The van der Waals surface area contributed by atoms with Crippen molar-refractivity contribution in [2.45, 2.75) is 37.8 Å². The van der Waals surface area contributed by atoms with Crippen molar-refractivity contribution in [3.8, 4) is 0 Å². The lowest BCUT2D eigenvalue weighted by Crippen LogP contribution is -2.48. The van der Waals surface area contributed by atoms with E-state index in [9.17, 15) is 9.59 Å². The number of carbonyl (C=O) groups is 2. The molecule has 1 aromatic carbocycles. The van der Waals surface area contributed by atoms with E-state index in [1.54, 1.807) is 18.0 Å². The second-order valence-corrected chi connectivity index (χ2v) is 8.79. The quantitative estimate of drug-likeness (QED) is 0.320. The van der Waals surface area contributed by atoms with Crippen LogP contribution in [-0.2, 0) is 9.47 Å². The van der Waals surface area contributed by atoms with Gasteiger partial charge in [0.25, 0.3) is 0 Å². The number of nitrogens with zero attached hydrogens (tertiary/aromatic N) is 1. The average molecular weight is 485 g/mol. The summed E-state index contributed by atoms with van der Waals surface area (Å²) in [5, 5.41) is 17.9. The molecule has 0 bridgehead atoms. The van der Waals surface area contributed by atoms with Crippen LogP contribution in [0.1, 0.15) is 37.4 Å². The summed E-state index contributed by atoms with van der Waals surface area (Å²) in [6.07, 6.45) is 2.13. The van der Waals surface area contributed by atoms with Crippen molar-refractivity contribution in [3.63, 3.8) is 0 Å². The van der Waals surface area contributed by atoms with Gasteiger partial charge in [-0.25, -0.2) is 9.59 Å². The summed E-state index contributed by atoms with van der Waals surface area (Å²) < 4.78 is 11.4. The molecular weight excluding hydrogens is 448 g/mol. The van der Waals surface area contributed by atoms with Gasteiger partial charge in [-0.15, -0.1) is 0 Å². The second kappa shape index (κ2) is 15.0. The number of ether oxygens (including phenoxy) is 2. The predicted molar refractivity (Wildman–Crippen MR) is 128 cm³/mol. The Morgan fingerprint density at radius 1 is 1.33 bits per heavy atom. The van der Waals surface area contributed by atoms with E-state index in [0.717, 1.165) is 38.0 Å². The molecule has 1 aliphatic rings. The van der Waals surface area contributed by atoms with Gasteiger partial charge >= 0.3 is 12.1 Å². The molecular formula is C23H37ClN4O5. The van der Waals surface area contributed by atoms with Gasteiger partial charge < -0.3 is 35.4 Å². The molecule has 0 radical (unpaired) electrons. The molecule has 0 spiro atoms. The van der Waals surface area contributed by atoms with Gasteiger partial charge in [0.1, 0.15) is 0 Å². The highest BCUT2D eigenvalue weighted by Crippen LogP contribution is 2.24. The molecule has 0 aliphatic carbocycles. The van der Waals surface area contributed by atoms with Crippen LogP contribution >= 0.6 is 11.6 Å². The summed E-state index contributed by atoms with van der Waals surface area (Å²) in [7, 11) is 3.65. The lowest BCUT2D eigenvalue weighted by atomic mass is 9.92. The highest BCUT2D eigenvalue weighted by Gasteiger charge is 2.22. The van der Waals surface area contributed by atoms with Gasteiger partial charge in [-0.1, -0.05) is 23.7 Å². The molecule has 33 heavy (non-hydrogen) atoms. The minimum atomic E-state index is -1.09. The third-order valence-corrected chi connectivity index (χ3v) is 5.96. The topological polar surface area (TPSA) is 112 Å². The number of carboxylic acid groups (broad SMARTS) is 1. The van der Waals surface area contributed by atoms with Gasteiger partial charge in [0.2, 0.25) is 0 Å². The van der Waals surface area contributed by atoms with Crippen LogP contribution in [-0.4, -0.2) is 81.7 Å². The number of urea groups is 1. The zero-order valence-corrected chi connectivity index (χ0v) is 20.3. The maximum absolute atomic E-state index is 12.8. The third-order valence-electron chi connectivity index (χ3n) is 5.73. The van der Waals surface area contributed by atoms with Crippen molar-refractivity contribution in [1.82, 2.24) is 20.9 Å². The summed E-state index contributed by atoms with van der Waals surface area (Å²) in [6.45, 7) is 3.16. The van der Waals surface area contributed by atoms with Crippen molar-refractivity contribution in [1.29, 1.82) is 0 Å². The van der Waals surface area contributed by atoms with E-state index in [4.69, 9.17) is 26.2 Å². The zero-order valence-electron chi connectivity index (χ0n) is 19.5. The van der Waals surface area contributed by atoms with E-state index in [1.807, 2.05) is 25.2 Å². The molecule has 9 nitrogen and oxygen atoms in total. The molecule has 10 heteroatoms. The first kappa shape index (κ1) is 27.2. The Morgan fingerprint density at radius 3 is 2.76 bits per heavy atom. The smallest absolute Gasteiger partial charge is 0.404 e. The van der Waals surface area contributed by atoms with Crippen LogP contribution in [0.3, 0.4) is 0 Å². The number of likely N-dealkylation sites (N-methyl/N-ethyl adjacent to an activating group) is 1. The van der Waals surface area contributed by atoms with Gasteiger partial charge in [0.05, 0.1) is 12.7 Å². The van der Waals surface area contributed by atoms with Crippen LogP contribution in [0, 0.1) is 5.92 Å². The fraction of sp³-hybridized carbons (Fsp3) is 0.652. The Labute approximate surface area is 201 Å². The van der Waals surface area contributed by atoms with Gasteiger partial charge in [0.15, 0.2) is 0 Å². The van der Waals surface area contributed by atoms with E-state index in [0.29, 0.717) is 30.5 Å². The molecule has 3 amide bonds. The molecule has 186 valence electrons. The van der Waals surface area contributed by atoms with Crippen LogP contribution in [0.15, 0.2) is 24.3 Å². The van der Waals surface area contributed by atoms with Crippen LogP contribution in [0.4, 0.5) is 9.59 Å². The molecule has 0 aromatic heterocycles. The van der Waals surface area contributed by atoms with Crippen molar-refractivity contribution < 1.29 is 24.2 Å². The molecule has 1 aromatic rings. The van der Waals surface area contributed by atoms with Crippen LogP contribution < -0.4 is 16.0 Å². The minimum absolute atomic E-state index is 0.0510. The fourth-order valence-corrected chi connectivity index (χ4v) is 4.13. The number of halogens is 1. The Hall–Kier alpha value is -2.07. The monoisotopic (exact) mass is 484 g/mol. The SMILES string of the molecule is CNCC(CC1CCOCC1)NC(=O)N(C)CCC(OCCNC(=O)O)c1cccc(Cl)c1. The fourth-order valence-electron chi connectivity index (χ4n) is 3.93. The molecule has 0 saturated carbocycles. The molecule has 1 heterocycles. The van der Waals surface area contributed by atoms with E-state index >= 15 is 0 Å². The Kier molecular flexibility index (Phi) is 12.3.